The molecule has 1 heterocycles. The van der Waals surface area contributed by atoms with Crippen molar-refractivity contribution in [2.24, 2.45) is 0 Å². The van der Waals surface area contributed by atoms with Gasteiger partial charge in [-0.3, -0.25) is 0 Å². The molecular formula is C11H20O2. The van der Waals surface area contributed by atoms with Crippen LogP contribution in [0.5, 0.6) is 0 Å². The van der Waals surface area contributed by atoms with E-state index in [-0.39, 0.29) is 11.2 Å². The fourth-order valence-electron chi connectivity index (χ4n) is 1.67. The molecule has 2 heteroatoms. The molecule has 0 aliphatic carbocycles. The summed E-state index contributed by atoms with van der Waals surface area (Å²) >= 11 is 0. The van der Waals surface area contributed by atoms with E-state index >= 15 is 0 Å². The summed E-state index contributed by atoms with van der Waals surface area (Å²) in [4.78, 5) is 0. The van der Waals surface area contributed by atoms with Gasteiger partial charge in [-0.15, -0.1) is 6.58 Å². The largest absolute Gasteiger partial charge is 0.377 e. The van der Waals surface area contributed by atoms with Crippen LogP contribution in [0.1, 0.15) is 33.6 Å². The smallest absolute Gasteiger partial charge is 0.0971 e. The number of hydrogen-bond donors (Lipinski definition) is 0. The van der Waals surface area contributed by atoms with Crippen molar-refractivity contribution in [3.05, 3.63) is 12.7 Å². The van der Waals surface area contributed by atoms with Crippen molar-refractivity contribution in [3.63, 3.8) is 0 Å². The van der Waals surface area contributed by atoms with Gasteiger partial charge in [-0.1, -0.05) is 13.0 Å². The van der Waals surface area contributed by atoms with Crippen molar-refractivity contribution in [1.29, 1.82) is 0 Å². The van der Waals surface area contributed by atoms with Crippen molar-refractivity contribution in [1.82, 2.24) is 0 Å². The van der Waals surface area contributed by atoms with Crippen LogP contribution in [0.15, 0.2) is 12.7 Å². The summed E-state index contributed by atoms with van der Waals surface area (Å²) < 4.78 is 11.1. The summed E-state index contributed by atoms with van der Waals surface area (Å²) in [5.74, 6) is 0. The van der Waals surface area contributed by atoms with Crippen LogP contribution in [-0.2, 0) is 9.47 Å². The highest BCUT2D eigenvalue weighted by Gasteiger charge is 2.61. The van der Waals surface area contributed by atoms with Crippen LogP contribution in [-0.4, -0.2) is 24.4 Å². The average molecular weight is 184 g/mol. The zero-order chi connectivity index (χ0) is 9.95. The predicted octanol–water partition coefficient (Wildman–Crippen LogP) is 2.54. The molecule has 1 aliphatic rings. The summed E-state index contributed by atoms with van der Waals surface area (Å²) in [5, 5.41) is 0. The molecule has 0 aromatic rings. The summed E-state index contributed by atoms with van der Waals surface area (Å²) in [7, 11) is 0. The third-order valence-corrected chi connectivity index (χ3v) is 3.16. The van der Waals surface area contributed by atoms with Gasteiger partial charge in [0.05, 0.1) is 17.8 Å². The number of hydrogen-bond acceptors (Lipinski definition) is 2. The first-order valence-electron chi connectivity index (χ1n) is 4.97. The van der Waals surface area contributed by atoms with Crippen LogP contribution in [0, 0.1) is 0 Å². The molecule has 1 fully saturated rings. The van der Waals surface area contributed by atoms with E-state index < -0.39 is 0 Å². The van der Waals surface area contributed by atoms with Gasteiger partial charge in [0.15, 0.2) is 0 Å². The van der Waals surface area contributed by atoms with Crippen molar-refractivity contribution in [3.8, 4) is 0 Å². The first-order valence-corrected chi connectivity index (χ1v) is 4.97. The maximum Gasteiger partial charge on any atom is 0.0971 e. The van der Waals surface area contributed by atoms with Crippen LogP contribution >= 0.6 is 0 Å². The van der Waals surface area contributed by atoms with E-state index in [1.807, 2.05) is 0 Å². The minimum atomic E-state index is 0.0446. The zero-order valence-electron chi connectivity index (χ0n) is 8.93. The quantitative estimate of drug-likeness (QED) is 0.359. The Morgan fingerprint density at radius 1 is 1.38 bits per heavy atom. The molecule has 0 amide bonds. The molecule has 0 spiro atoms. The van der Waals surface area contributed by atoms with Crippen LogP contribution in [0.4, 0.5) is 0 Å². The molecule has 2 unspecified atom stereocenters. The highest BCUT2D eigenvalue weighted by molar-refractivity contribution is 5.09. The van der Waals surface area contributed by atoms with Gasteiger partial charge in [0.2, 0.25) is 0 Å². The second-order valence-corrected chi connectivity index (χ2v) is 4.03. The van der Waals surface area contributed by atoms with Crippen molar-refractivity contribution < 1.29 is 9.47 Å². The van der Waals surface area contributed by atoms with Gasteiger partial charge in [-0.25, -0.2) is 0 Å². The molecule has 2 nitrogen and oxygen atoms in total. The predicted molar refractivity (Wildman–Crippen MR) is 53.8 cm³/mol. The summed E-state index contributed by atoms with van der Waals surface area (Å²) in [6, 6.07) is 0. The molecule has 1 rings (SSSR count). The number of rotatable bonds is 6. The molecule has 0 radical (unpaired) electrons. The van der Waals surface area contributed by atoms with Crippen molar-refractivity contribution in [2.45, 2.75) is 44.8 Å². The fourth-order valence-corrected chi connectivity index (χ4v) is 1.67. The Bertz CT molecular complexity index is 191. The van der Waals surface area contributed by atoms with Crippen molar-refractivity contribution in [2.75, 3.05) is 13.2 Å². The van der Waals surface area contributed by atoms with E-state index in [0.717, 1.165) is 19.4 Å². The second-order valence-electron chi connectivity index (χ2n) is 4.03. The van der Waals surface area contributed by atoms with E-state index in [4.69, 9.17) is 9.47 Å². The molecule has 13 heavy (non-hydrogen) atoms. The molecule has 1 saturated heterocycles. The first-order chi connectivity index (χ1) is 6.08. The van der Waals surface area contributed by atoms with Crippen LogP contribution in [0.2, 0.25) is 0 Å². The van der Waals surface area contributed by atoms with Gasteiger partial charge in [-0.05, 0) is 20.3 Å². The Morgan fingerprint density at radius 2 is 2.08 bits per heavy atom. The molecule has 0 aromatic heterocycles. The van der Waals surface area contributed by atoms with Gasteiger partial charge >= 0.3 is 0 Å². The van der Waals surface area contributed by atoms with Gasteiger partial charge in [0.1, 0.15) is 0 Å². The number of ether oxygens (including phenoxy) is 2. The second kappa shape index (κ2) is 3.81. The number of epoxide rings is 1. The first kappa shape index (κ1) is 10.7. The summed E-state index contributed by atoms with van der Waals surface area (Å²) in [6.07, 6.45) is 3.82. The highest BCUT2D eigenvalue weighted by atomic mass is 16.6. The van der Waals surface area contributed by atoms with E-state index in [1.54, 1.807) is 6.08 Å². The average Bonchev–Trinajstić information content (AvgIpc) is 2.65. The van der Waals surface area contributed by atoms with Gasteiger partial charge in [0.25, 0.3) is 0 Å². The SMILES string of the molecule is C=CCOCCC1(C)OC1(C)CC. The van der Waals surface area contributed by atoms with Crippen LogP contribution < -0.4 is 0 Å². The summed E-state index contributed by atoms with van der Waals surface area (Å²) in [5.41, 5.74) is 0.132. The lowest BCUT2D eigenvalue weighted by Crippen LogP contribution is -2.20. The van der Waals surface area contributed by atoms with E-state index in [9.17, 15) is 0 Å². The molecule has 0 N–H and O–H groups in total. The van der Waals surface area contributed by atoms with Gasteiger partial charge in [0, 0.05) is 13.0 Å². The molecule has 1 aliphatic heterocycles. The Kier molecular flexibility index (Phi) is 3.14. The zero-order valence-corrected chi connectivity index (χ0v) is 8.93. The molecule has 2 atom stereocenters. The fraction of sp³-hybridized carbons (Fsp3) is 0.818. The lowest BCUT2D eigenvalue weighted by atomic mass is 9.91. The van der Waals surface area contributed by atoms with Gasteiger partial charge in [-0.2, -0.15) is 0 Å². The Labute approximate surface area is 80.9 Å². The minimum Gasteiger partial charge on any atom is -0.377 e. The maximum absolute atomic E-state index is 5.72. The molecule has 0 bridgehead atoms. The van der Waals surface area contributed by atoms with E-state index in [2.05, 4.69) is 27.4 Å². The van der Waals surface area contributed by atoms with E-state index in [0.29, 0.717) is 6.61 Å². The standard InChI is InChI=1S/C11H20O2/c1-5-8-12-9-7-11(4)10(3,6-2)13-11/h5H,1,6-9H2,2-4H3. The lowest BCUT2D eigenvalue weighted by molar-refractivity contribution is 0.136. The minimum absolute atomic E-state index is 0.0446. The molecule has 76 valence electrons. The Hall–Kier alpha value is -0.340. The van der Waals surface area contributed by atoms with E-state index in [1.165, 1.54) is 0 Å². The molecular weight excluding hydrogens is 164 g/mol. The third kappa shape index (κ3) is 2.12. The normalized spacial score (nSPS) is 37.5. The molecule has 0 aromatic carbocycles. The summed E-state index contributed by atoms with van der Waals surface area (Å²) in [6.45, 7) is 11.5. The Balaban J connectivity index is 2.20. The Morgan fingerprint density at radius 3 is 2.54 bits per heavy atom. The van der Waals surface area contributed by atoms with Crippen LogP contribution in [0.3, 0.4) is 0 Å². The van der Waals surface area contributed by atoms with Crippen molar-refractivity contribution >= 4 is 0 Å². The maximum atomic E-state index is 5.72. The third-order valence-electron chi connectivity index (χ3n) is 3.16. The van der Waals surface area contributed by atoms with Crippen LogP contribution in [0.25, 0.3) is 0 Å². The molecule has 0 saturated carbocycles. The highest BCUT2D eigenvalue weighted by Crippen LogP contribution is 2.51. The monoisotopic (exact) mass is 184 g/mol. The topological polar surface area (TPSA) is 21.8 Å². The van der Waals surface area contributed by atoms with Gasteiger partial charge < -0.3 is 9.47 Å². The lowest BCUT2D eigenvalue weighted by Gasteiger charge is -2.10.